The quantitative estimate of drug-likeness (QED) is 0.188. The molecule has 0 amide bonds. The Morgan fingerprint density at radius 2 is 0.979 bits per heavy atom. The van der Waals surface area contributed by atoms with E-state index in [-0.39, 0.29) is 10.8 Å². The molecule has 2 heterocycles. The third kappa shape index (κ3) is 4.61. The van der Waals surface area contributed by atoms with Crippen LogP contribution in [0.4, 0.5) is 0 Å². The molecule has 6 aromatic carbocycles. The number of aromatic nitrogens is 2. The summed E-state index contributed by atoms with van der Waals surface area (Å²) in [6.07, 6.45) is 0. The van der Waals surface area contributed by atoms with Crippen LogP contribution in [0.15, 0.2) is 127 Å². The molecule has 2 nitrogen and oxygen atoms in total. The van der Waals surface area contributed by atoms with Crippen molar-refractivity contribution in [3.8, 4) is 22.5 Å². The molecule has 0 saturated heterocycles. The fourth-order valence-corrected chi connectivity index (χ4v) is 7.48. The van der Waals surface area contributed by atoms with Gasteiger partial charge in [-0.05, 0) is 100 Å². The zero-order valence-corrected chi connectivity index (χ0v) is 28.5. The van der Waals surface area contributed by atoms with Gasteiger partial charge in [-0.15, -0.1) is 0 Å². The van der Waals surface area contributed by atoms with E-state index < -0.39 is 0 Å². The van der Waals surface area contributed by atoms with E-state index in [0.29, 0.717) is 0 Å². The van der Waals surface area contributed by atoms with Gasteiger partial charge in [0.1, 0.15) is 0 Å². The van der Waals surface area contributed by atoms with Gasteiger partial charge in [-0.1, -0.05) is 114 Å². The zero-order valence-electron chi connectivity index (χ0n) is 28.5. The topological polar surface area (TPSA) is 9.86 Å². The smallest absolute Gasteiger partial charge is 0.0547 e. The SMILES string of the molecule is Cc1c(-n2c3ccc(C(C)(C)C)cc3c3cc(C(C)(C)C)ccc32)ccc2c1c1c(-c3ccccc3)cccc1n2-c1ccccc1. The van der Waals surface area contributed by atoms with Crippen molar-refractivity contribution in [3.05, 3.63) is 144 Å². The largest absolute Gasteiger partial charge is 0.309 e. The average Bonchev–Trinajstić information content (AvgIpc) is 3.58. The van der Waals surface area contributed by atoms with Crippen LogP contribution in [-0.2, 0) is 10.8 Å². The lowest BCUT2D eigenvalue weighted by Gasteiger charge is -2.19. The van der Waals surface area contributed by atoms with Crippen LogP contribution >= 0.6 is 0 Å². The Labute approximate surface area is 277 Å². The summed E-state index contributed by atoms with van der Waals surface area (Å²) in [6, 6.07) is 47.2. The van der Waals surface area contributed by atoms with Crippen LogP contribution in [0, 0.1) is 6.92 Å². The van der Waals surface area contributed by atoms with Gasteiger partial charge < -0.3 is 9.13 Å². The number of benzene rings is 6. The lowest BCUT2D eigenvalue weighted by Crippen LogP contribution is -2.10. The van der Waals surface area contributed by atoms with Crippen LogP contribution in [-0.4, -0.2) is 9.13 Å². The van der Waals surface area contributed by atoms with Gasteiger partial charge in [0.15, 0.2) is 0 Å². The molecule has 0 radical (unpaired) electrons. The molecular weight excluding hydrogens is 569 g/mol. The maximum atomic E-state index is 2.51. The van der Waals surface area contributed by atoms with Gasteiger partial charge in [0.2, 0.25) is 0 Å². The van der Waals surface area contributed by atoms with Crippen LogP contribution in [0.1, 0.15) is 58.2 Å². The van der Waals surface area contributed by atoms with E-state index in [0.717, 1.165) is 0 Å². The summed E-state index contributed by atoms with van der Waals surface area (Å²) in [5.74, 6) is 0. The normalized spacial score (nSPS) is 12.6. The number of nitrogens with zero attached hydrogens (tertiary/aromatic N) is 2. The van der Waals surface area contributed by atoms with Gasteiger partial charge in [0, 0.05) is 32.9 Å². The number of fused-ring (bicyclic) bond motifs is 6. The highest BCUT2D eigenvalue weighted by Crippen LogP contribution is 2.43. The van der Waals surface area contributed by atoms with Gasteiger partial charge in [-0.25, -0.2) is 0 Å². The fourth-order valence-electron chi connectivity index (χ4n) is 7.48. The molecule has 0 saturated carbocycles. The molecule has 0 aliphatic carbocycles. The van der Waals surface area contributed by atoms with Crippen LogP contribution in [0.3, 0.4) is 0 Å². The van der Waals surface area contributed by atoms with E-state index in [2.05, 4.69) is 185 Å². The first-order valence-electron chi connectivity index (χ1n) is 16.8. The predicted molar refractivity (Wildman–Crippen MR) is 203 cm³/mol. The van der Waals surface area contributed by atoms with Crippen molar-refractivity contribution in [2.75, 3.05) is 0 Å². The van der Waals surface area contributed by atoms with E-state index in [4.69, 9.17) is 0 Å². The Kier molecular flexibility index (Phi) is 6.53. The van der Waals surface area contributed by atoms with Gasteiger partial charge in [-0.2, -0.15) is 0 Å². The summed E-state index contributed by atoms with van der Waals surface area (Å²) in [5.41, 5.74) is 13.9. The lowest BCUT2D eigenvalue weighted by atomic mass is 9.85. The average molecular weight is 611 g/mol. The second-order valence-corrected chi connectivity index (χ2v) is 15.1. The molecule has 0 fully saturated rings. The molecule has 0 N–H and O–H groups in total. The van der Waals surface area contributed by atoms with Crippen LogP contribution in [0.2, 0.25) is 0 Å². The van der Waals surface area contributed by atoms with Crippen molar-refractivity contribution in [2.24, 2.45) is 0 Å². The lowest BCUT2D eigenvalue weighted by molar-refractivity contribution is 0.590. The van der Waals surface area contributed by atoms with Crippen molar-refractivity contribution in [3.63, 3.8) is 0 Å². The zero-order chi connectivity index (χ0) is 32.7. The maximum absolute atomic E-state index is 2.51. The minimum atomic E-state index is 0.0617. The standard InChI is InChI=1S/C45H42N2/c1-29-37(47-38-23-21-31(44(2,3)4)27-35(38)36-28-32(45(5,6)7)22-24-39(36)47)25-26-41-42(29)43-34(30-15-10-8-11-16-30)19-14-20-40(43)46(41)33-17-12-9-13-18-33/h8-28H,1-7H3. The molecule has 0 spiro atoms. The van der Waals surface area contributed by atoms with Crippen molar-refractivity contribution in [1.82, 2.24) is 9.13 Å². The molecule has 0 bridgehead atoms. The maximum Gasteiger partial charge on any atom is 0.0547 e. The highest BCUT2D eigenvalue weighted by Gasteiger charge is 2.24. The molecule has 0 unspecified atom stereocenters. The Balaban J connectivity index is 1.51. The third-order valence-electron chi connectivity index (χ3n) is 10.0. The van der Waals surface area contributed by atoms with E-state index in [1.54, 1.807) is 0 Å². The van der Waals surface area contributed by atoms with Gasteiger partial charge in [0.25, 0.3) is 0 Å². The van der Waals surface area contributed by atoms with Crippen molar-refractivity contribution in [2.45, 2.75) is 59.3 Å². The number of aryl methyl sites for hydroxylation is 1. The number of hydrogen-bond acceptors (Lipinski definition) is 0. The summed E-state index contributed by atoms with van der Waals surface area (Å²) in [6.45, 7) is 16.1. The van der Waals surface area contributed by atoms with Crippen molar-refractivity contribution < 1.29 is 0 Å². The second kappa shape index (κ2) is 10.5. The second-order valence-electron chi connectivity index (χ2n) is 15.1. The molecule has 232 valence electrons. The summed E-state index contributed by atoms with van der Waals surface area (Å²) >= 11 is 0. The van der Waals surface area contributed by atoms with Gasteiger partial charge in [-0.3, -0.25) is 0 Å². The van der Waals surface area contributed by atoms with Crippen molar-refractivity contribution >= 4 is 43.6 Å². The molecular formula is C45H42N2. The molecule has 0 atom stereocenters. The minimum absolute atomic E-state index is 0.0617. The summed E-state index contributed by atoms with van der Waals surface area (Å²) in [5, 5.41) is 5.22. The Morgan fingerprint density at radius 1 is 0.447 bits per heavy atom. The third-order valence-corrected chi connectivity index (χ3v) is 10.0. The molecule has 2 heteroatoms. The van der Waals surface area contributed by atoms with Crippen LogP contribution < -0.4 is 0 Å². The van der Waals surface area contributed by atoms with Crippen LogP contribution in [0.25, 0.3) is 66.1 Å². The molecule has 0 aliphatic rings. The highest BCUT2D eigenvalue weighted by molar-refractivity contribution is 6.18. The molecule has 2 aromatic heterocycles. The number of rotatable bonds is 3. The number of hydrogen-bond donors (Lipinski definition) is 0. The molecule has 0 aliphatic heterocycles. The predicted octanol–water partition coefficient (Wildman–Crippen LogP) is 12.5. The fraction of sp³-hybridized carbons (Fsp3) is 0.200. The molecule has 47 heavy (non-hydrogen) atoms. The van der Waals surface area contributed by atoms with Crippen molar-refractivity contribution in [1.29, 1.82) is 0 Å². The number of para-hydroxylation sites is 1. The van der Waals surface area contributed by atoms with E-state index >= 15 is 0 Å². The summed E-state index contributed by atoms with van der Waals surface area (Å²) < 4.78 is 4.94. The van der Waals surface area contributed by atoms with Gasteiger partial charge in [0.05, 0.1) is 22.1 Å². The first-order valence-corrected chi connectivity index (χ1v) is 16.8. The first-order chi connectivity index (χ1) is 22.5. The Hall–Kier alpha value is -5.08. The Morgan fingerprint density at radius 3 is 1.55 bits per heavy atom. The minimum Gasteiger partial charge on any atom is -0.309 e. The van der Waals surface area contributed by atoms with E-state index in [1.807, 2.05) is 0 Å². The highest BCUT2D eigenvalue weighted by atomic mass is 15.0. The van der Waals surface area contributed by atoms with Gasteiger partial charge >= 0.3 is 0 Å². The Bertz CT molecular complexity index is 2390. The van der Waals surface area contributed by atoms with Crippen LogP contribution in [0.5, 0.6) is 0 Å². The summed E-state index contributed by atoms with van der Waals surface area (Å²) in [7, 11) is 0. The summed E-state index contributed by atoms with van der Waals surface area (Å²) in [4.78, 5) is 0. The monoisotopic (exact) mass is 610 g/mol. The molecule has 8 aromatic rings. The molecule has 8 rings (SSSR count). The van der Waals surface area contributed by atoms with E-state index in [9.17, 15) is 0 Å². The first kappa shape index (κ1) is 29.3. The van der Waals surface area contributed by atoms with E-state index in [1.165, 1.54) is 82.8 Å².